The molecule has 4 aromatic carbocycles. The molecule has 17 nitrogen and oxygen atoms in total. The van der Waals surface area contributed by atoms with Crippen LogP contribution in [0.25, 0.3) is 66.6 Å². The van der Waals surface area contributed by atoms with Crippen LogP contribution in [0.1, 0.15) is 67.2 Å². The van der Waals surface area contributed by atoms with E-state index in [0.29, 0.717) is 21.5 Å². The zero-order chi connectivity index (χ0) is 55.5. The van der Waals surface area contributed by atoms with Crippen molar-refractivity contribution in [2.75, 3.05) is 52.6 Å². The van der Waals surface area contributed by atoms with Crippen molar-refractivity contribution in [2.24, 2.45) is 10.8 Å². The number of likely N-dealkylation sites (tertiary alicyclic amines) is 2. The number of carbonyl (C=O) groups is 3. The van der Waals surface area contributed by atoms with Crippen molar-refractivity contribution >= 4 is 62.8 Å². The van der Waals surface area contributed by atoms with Gasteiger partial charge in [0.15, 0.2) is 0 Å². The largest absolute Gasteiger partial charge is 0.491 e. The molecular formula is C60H62Cl2N10O7. The molecule has 2 aliphatic heterocycles. The van der Waals surface area contributed by atoms with E-state index < -0.39 is 0 Å². The van der Waals surface area contributed by atoms with Crippen LogP contribution in [0.5, 0.6) is 11.5 Å². The lowest BCUT2D eigenvalue weighted by atomic mass is 9.60. The van der Waals surface area contributed by atoms with Crippen LogP contribution >= 0.6 is 23.2 Å². The molecule has 2 amide bonds. The van der Waals surface area contributed by atoms with Crippen molar-refractivity contribution in [1.29, 1.82) is 0 Å². The van der Waals surface area contributed by atoms with Gasteiger partial charge in [0.05, 0.1) is 52.2 Å². The van der Waals surface area contributed by atoms with Gasteiger partial charge in [-0.15, -0.1) is 0 Å². The summed E-state index contributed by atoms with van der Waals surface area (Å²) in [5.41, 5.74) is 13.6. The maximum atomic E-state index is 12.0. The highest BCUT2D eigenvalue weighted by Gasteiger charge is 2.56. The number of aromatic nitrogens is 8. The molecule has 2 saturated heterocycles. The fourth-order valence-electron chi connectivity index (χ4n) is 12.4. The number of carbonyl (C=O) groups excluding carboxylic acids is 3. The van der Waals surface area contributed by atoms with Gasteiger partial charge >= 0.3 is 5.97 Å². The van der Waals surface area contributed by atoms with Gasteiger partial charge in [-0.05, 0) is 137 Å². The van der Waals surface area contributed by atoms with E-state index in [1.54, 1.807) is 0 Å². The monoisotopic (exact) mass is 1100 g/mol. The third kappa shape index (κ3) is 9.75. The molecular weight excluding hydrogens is 1040 g/mol. The summed E-state index contributed by atoms with van der Waals surface area (Å²) in [4.78, 5) is 38.7. The number of aliphatic hydroxyl groups is 1. The zero-order valence-electron chi connectivity index (χ0n) is 44.9. The summed E-state index contributed by atoms with van der Waals surface area (Å²) < 4.78 is 20.6. The number of amides is 2. The highest BCUT2D eigenvalue weighted by molar-refractivity contribution is 6.36. The van der Waals surface area contributed by atoms with E-state index in [4.69, 9.17) is 52.7 Å². The lowest BCUT2D eigenvalue weighted by Gasteiger charge is -2.58. The summed E-state index contributed by atoms with van der Waals surface area (Å²) in [6, 6.07) is 20.0. The molecule has 0 atom stereocenters. The zero-order valence-corrected chi connectivity index (χ0v) is 46.4. The molecule has 4 fully saturated rings. The van der Waals surface area contributed by atoms with E-state index in [9.17, 15) is 14.4 Å². The summed E-state index contributed by atoms with van der Waals surface area (Å²) in [6.07, 6.45) is 10.3. The Bertz CT molecular complexity index is 3680. The molecule has 408 valence electrons. The molecule has 0 bridgehead atoms. The summed E-state index contributed by atoms with van der Waals surface area (Å²) in [7, 11) is 0. The fraction of sp³-hybridized carbons (Fsp3) is 0.350. The summed E-state index contributed by atoms with van der Waals surface area (Å²) in [6.45, 7) is 20.6. The van der Waals surface area contributed by atoms with Crippen LogP contribution < -0.4 is 9.47 Å². The smallest absolute Gasteiger partial charge is 0.302 e. The van der Waals surface area contributed by atoms with Crippen molar-refractivity contribution < 1.29 is 33.7 Å². The topological polar surface area (TPSA) is 199 Å². The van der Waals surface area contributed by atoms with Gasteiger partial charge in [-0.3, -0.25) is 33.9 Å². The first-order valence-corrected chi connectivity index (χ1v) is 27.3. The Balaban J connectivity index is 0.000000168. The Kier molecular flexibility index (Phi) is 14.3. The summed E-state index contributed by atoms with van der Waals surface area (Å²) in [5.74, 6) is 1.03. The summed E-state index contributed by atoms with van der Waals surface area (Å²) >= 11 is 14.0. The second-order valence-corrected chi connectivity index (χ2v) is 22.4. The number of esters is 1. The first kappa shape index (κ1) is 53.3. The minimum atomic E-state index is -0.332. The summed E-state index contributed by atoms with van der Waals surface area (Å²) in [5, 5.41) is 37.5. The van der Waals surface area contributed by atoms with Crippen LogP contribution in [0, 0.1) is 38.5 Å². The number of nitrogens with one attached hydrogen (secondary N) is 2. The second-order valence-electron chi connectivity index (χ2n) is 21.7. The van der Waals surface area contributed by atoms with Crippen molar-refractivity contribution in [3.8, 4) is 56.3 Å². The predicted octanol–water partition coefficient (Wildman–Crippen LogP) is 10.7. The molecule has 12 rings (SSSR count). The number of aliphatic hydroxyl groups excluding tert-OH is 1. The van der Waals surface area contributed by atoms with Crippen molar-refractivity contribution in [3.63, 3.8) is 0 Å². The third-order valence-corrected chi connectivity index (χ3v) is 17.2. The lowest BCUT2D eigenvalue weighted by Crippen LogP contribution is -2.63. The normalized spacial score (nSPS) is 16.2. The molecule has 0 radical (unpaired) electrons. The molecule has 2 spiro atoms. The Morgan fingerprint density at radius 2 is 1.05 bits per heavy atom. The Morgan fingerprint density at radius 3 is 1.43 bits per heavy atom. The number of ether oxygens (including phenoxy) is 3. The number of halogens is 2. The number of aromatic amines is 2. The van der Waals surface area contributed by atoms with Crippen LogP contribution in [0.2, 0.25) is 10.0 Å². The number of aryl methyl sites for hydroxylation is 2. The molecule has 79 heavy (non-hydrogen) atoms. The Labute approximate surface area is 467 Å². The van der Waals surface area contributed by atoms with Gasteiger partial charge in [-0.2, -0.15) is 20.4 Å². The van der Waals surface area contributed by atoms with Crippen LogP contribution in [-0.4, -0.2) is 125 Å². The standard InChI is InChI=1S/C31H32ClN5O4.C29H30ClN5O3/c1-5-26(39)36-16-31(17-36)13-22(14-31)37-19(3)27(28-24-15-33-34-25(24)12-18(2)29(28)32)30(35-37)21-6-8-23(9-7-21)41-11-10-40-20(4)38;1-4-24(37)34-15-29(16-34)12-20(13-29)35-18(3)25(26-22-14-31-32-23(22)11-17(2)27(26)30)28(33-35)19-5-7-21(8-6-19)38-10-9-36/h5-9,12,15,22H,1,10-11,13-14,16-17H2,2-4H3,(H,33,34);4-8,11,14,20,36H,1,9-10,12-13,15-16H2,2-3H3,(H,31,32). The van der Waals surface area contributed by atoms with Gasteiger partial charge in [-0.25, -0.2) is 0 Å². The number of H-pyrrole nitrogens is 2. The molecule has 19 heteroatoms. The van der Waals surface area contributed by atoms with Gasteiger partial charge in [0.1, 0.15) is 42.7 Å². The predicted molar refractivity (Wildman–Crippen MR) is 304 cm³/mol. The molecule has 8 aromatic rings. The minimum absolute atomic E-state index is 0.00329. The molecule has 4 aliphatic rings. The minimum Gasteiger partial charge on any atom is -0.491 e. The Morgan fingerprint density at radius 1 is 0.646 bits per heavy atom. The molecule has 2 aliphatic carbocycles. The number of fused-ring (bicyclic) bond motifs is 2. The average molecular weight is 1110 g/mol. The Hall–Kier alpha value is -7.73. The lowest BCUT2D eigenvalue weighted by molar-refractivity contribution is -0.149. The van der Waals surface area contributed by atoms with Crippen molar-refractivity contribution in [3.05, 3.63) is 131 Å². The quantitative estimate of drug-likeness (QED) is 0.0501. The van der Waals surface area contributed by atoms with Crippen LogP contribution in [0.15, 0.2) is 98.4 Å². The second kappa shape index (κ2) is 21.1. The van der Waals surface area contributed by atoms with E-state index in [1.807, 2.05) is 96.7 Å². The van der Waals surface area contributed by atoms with Crippen LogP contribution in [0.4, 0.5) is 0 Å². The SMILES string of the molecule is C=CC(=O)N1CC2(CC(n3nc(-c4ccc(OCCO)cc4)c(-c4c(Cl)c(C)cc5[nH]ncc45)c3C)C2)C1.C=CC(=O)N1CC2(CC(n3nc(-c4ccc(OCCOC(C)=O)cc4)c(-c4c(Cl)c(C)cc5[nH]ncc45)c3C)C2)C1. The molecule has 4 aromatic heterocycles. The van der Waals surface area contributed by atoms with Gasteiger partial charge in [0.25, 0.3) is 0 Å². The number of hydrogen-bond acceptors (Lipinski definition) is 11. The number of rotatable bonds is 15. The van der Waals surface area contributed by atoms with Crippen molar-refractivity contribution in [1.82, 2.24) is 49.8 Å². The van der Waals surface area contributed by atoms with E-state index in [-0.39, 0.29) is 67.1 Å². The fourth-order valence-corrected chi connectivity index (χ4v) is 12.9. The highest BCUT2D eigenvalue weighted by atomic mass is 35.5. The number of hydrogen-bond donors (Lipinski definition) is 3. The maximum Gasteiger partial charge on any atom is 0.302 e. The maximum absolute atomic E-state index is 12.0. The van der Waals surface area contributed by atoms with Crippen LogP contribution in [-0.2, 0) is 19.1 Å². The first-order valence-electron chi connectivity index (χ1n) is 26.5. The van der Waals surface area contributed by atoms with Crippen molar-refractivity contribution in [2.45, 2.75) is 72.4 Å². The highest BCUT2D eigenvalue weighted by Crippen LogP contribution is 2.57. The average Bonchev–Trinajstić information content (AvgIpc) is 4.21. The third-order valence-electron chi connectivity index (χ3n) is 16.2. The van der Waals surface area contributed by atoms with Gasteiger partial charge < -0.3 is 29.1 Å². The molecule has 2 saturated carbocycles. The molecule has 0 unspecified atom stereocenters. The van der Waals surface area contributed by atoms with E-state index in [1.165, 1.54) is 19.1 Å². The van der Waals surface area contributed by atoms with Crippen LogP contribution in [0.3, 0.4) is 0 Å². The molecule has 3 N–H and O–H groups in total. The van der Waals surface area contributed by atoms with E-state index >= 15 is 0 Å². The van der Waals surface area contributed by atoms with Gasteiger partial charge in [0, 0.05) is 99.5 Å². The van der Waals surface area contributed by atoms with Gasteiger partial charge in [-0.1, -0.05) is 36.4 Å². The number of benzene rings is 4. The molecule has 6 heterocycles. The van der Waals surface area contributed by atoms with E-state index in [0.717, 1.165) is 141 Å². The first-order chi connectivity index (χ1) is 38.0. The number of nitrogens with zero attached hydrogens (tertiary/aromatic N) is 8. The van der Waals surface area contributed by atoms with E-state index in [2.05, 4.69) is 56.8 Å². The van der Waals surface area contributed by atoms with Gasteiger partial charge in [0.2, 0.25) is 11.8 Å².